The fourth-order valence-corrected chi connectivity index (χ4v) is 0.491. The van der Waals surface area contributed by atoms with E-state index in [-0.39, 0.29) is 17.0 Å². The van der Waals surface area contributed by atoms with Crippen LogP contribution in [0.4, 0.5) is 0 Å². The molecular weight excluding hydrogens is 184 g/mol. The van der Waals surface area contributed by atoms with Gasteiger partial charge in [-0.05, 0) is 0 Å². The summed E-state index contributed by atoms with van der Waals surface area (Å²) in [4.78, 5) is 13.7. The van der Waals surface area contributed by atoms with Crippen LogP contribution in [0, 0.1) is 0 Å². The zero-order valence-electron chi connectivity index (χ0n) is 4.94. The molecule has 4 heteroatoms. The van der Waals surface area contributed by atoms with Gasteiger partial charge < -0.3 is 4.57 Å². The van der Waals surface area contributed by atoms with Gasteiger partial charge in [0.05, 0.1) is 0 Å². The molecule has 0 N–H and O–H groups in total. The van der Waals surface area contributed by atoms with Crippen molar-refractivity contribution in [2.24, 2.45) is 7.05 Å². The second kappa shape index (κ2) is 3.40. The maximum Gasteiger partial charge on any atom is 0.185 e. The van der Waals surface area contributed by atoms with Gasteiger partial charge in [-0.3, -0.25) is 4.79 Å². The minimum absolute atomic E-state index is 0. The highest BCUT2D eigenvalue weighted by atomic mass is 79.9. The summed E-state index contributed by atoms with van der Waals surface area (Å²) in [6, 6.07) is 0. The zero-order chi connectivity index (χ0) is 5.98. The quantitative estimate of drug-likeness (QED) is 0.615. The molecule has 0 bridgehead atoms. The van der Waals surface area contributed by atoms with Crippen LogP contribution in [0.3, 0.4) is 0 Å². The molecule has 0 aliphatic carbocycles. The van der Waals surface area contributed by atoms with E-state index in [1.165, 1.54) is 0 Å². The minimum atomic E-state index is 0. The van der Waals surface area contributed by atoms with E-state index in [0.717, 1.165) is 6.29 Å². The van der Waals surface area contributed by atoms with Crippen molar-refractivity contribution in [3.8, 4) is 0 Å². The van der Waals surface area contributed by atoms with Gasteiger partial charge in [0, 0.05) is 19.4 Å². The monoisotopic (exact) mass is 190 g/mol. The molecule has 0 saturated heterocycles. The van der Waals surface area contributed by atoms with E-state index in [1.807, 2.05) is 0 Å². The number of halogens is 1. The summed E-state index contributed by atoms with van der Waals surface area (Å²) in [5, 5.41) is 0. The molecule has 1 heterocycles. The Morgan fingerprint density at radius 2 is 2.44 bits per heavy atom. The molecule has 1 rings (SSSR count). The molecule has 1 aromatic rings. The van der Waals surface area contributed by atoms with Gasteiger partial charge in [0.15, 0.2) is 12.1 Å². The third-order valence-electron chi connectivity index (χ3n) is 0.964. The van der Waals surface area contributed by atoms with Crippen LogP contribution in [0.15, 0.2) is 12.4 Å². The Labute approximate surface area is 63.5 Å². The van der Waals surface area contributed by atoms with Crippen LogP contribution < -0.4 is 0 Å². The Balaban J connectivity index is 0.000000640. The van der Waals surface area contributed by atoms with Gasteiger partial charge in [-0.25, -0.2) is 4.98 Å². The number of imidazole rings is 1. The molecule has 0 amide bonds. The van der Waals surface area contributed by atoms with E-state index < -0.39 is 0 Å². The van der Waals surface area contributed by atoms with Crippen LogP contribution in [0.1, 0.15) is 10.6 Å². The van der Waals surface area contributed by atoms with Crippen LogP contribution in [0.2, 0.25) is 0 Å². The van der Waals surface area contributed by atoms with Gasteiger partial charge in [-0.15, -0.1) is 17.0 Å². The van der Waals surface area contributed by atoms with Crippen LogP contribution >= 0.6 is 17.0 Å². The molecule has 0 aromatic carbocycles. The van der Waals surface area contributed by atoms with Crippen LogP contribution in [0.25, 0.3) is 0 Å². The maximum absolute atomic E-state index is 10.0. The first-order valence-electron chi connectivity index (χ1n) is 2.27. The lowest BCUT2D eigenvalue weighted by atomic mass is 10.7. The van der Waals surface area contributed by atoms with Gasteiger partial charge in [0.2, 0.25) is 0 Å². The smallest absolute Gasteiger partial charge is 0.185 e. The summed E-state index contributed by atoms with van der Waals surface area (Å²) in [5.74, 6) is 0.463. The molecule has 0 atom stereocenters. The SMILES string of the molecule is Br.Cn1ccnc1C=O. The Hall–Kier alpha value is -0.640. The molecule has 3 nitrogen and oxygen atoms in total. The van der Waals surface area contributed by atoms with E-state index in [2.05, 4.69) is 4.98 Å². The predicted octanol–water partition coefficient (Wildman–Crippen LogP) is 0.810. The first kappa shape index (κ1) is 8.36. The second-order valence-electron chi connectivity index (χ2n) is 1.51. The molecule has 0 radical (unpaired) electrons. The van der Waals surface area contributed by atoms with E-state index in [4.69, 9.17) is 0 Å². The lowest BCUT2D eigenvalue weighted by molar-refractivity contribution is 0.111. The minimum Gasteiger partial charge on any atom is -0.332 e. The van der Waals surface area contributed by atoms with Crippen LogP contribution in [-0.2, 0) is 7.05 Å². The van der Waals surface area contributed by atoms with E-state index >= 15 is 0 Å². The van der Waals surface area contributed by atoms with Crippen molar-refractivity contribution in [1.82, 2.24) is 9.55 Å². The Kier molecular flexibility index (Phi) is 3.16. The van der Waals surface area contributed by atoms with Crippen molar-refractivity contribution in [3.05, 3.63) is 18.2 Å². The van der Waals surface area contributed by atoms with Crippen molar-refractivity contribution >= 4 is 23.3 Å². The third kappa shape index (κ3) is 1.64. The van der Waals surface area contributed by atoms with Gasteiger partial charge >= 0.3 is 0 Å². The summed E-state index contributed by atoms with van der Waals surface area (Å²) in [7, 11) is 1.77. The summed E-state index contributed by atoms with van der Waals surface area (Å²) in [6.45, 7) is 0. The van der Waals surface area contributed by atoms with Crippen LogP contribution in [-0.4, -0.2) is 15.8 Å². The summed E-state index contributed by atoms with van der Waals surface area (Å²) in [6.07, 6.45) is 4.04. The van der Waals surface area contributed by atoms with Gasteiger partial charge in [0.25, 0.3) is 0 Å². The number of aromatic nitrogens is 2. The van der Waals surface area contributed by atoms with Crippen LogP contribution in [0.5, 0.6) is 0 Å². The molecule has 1 aromatic heterocycles. The van der Waals surface area contributed by atoms with Crippen molar-refractivity contribution < 1.29 is 4.79 Å². The first-order valence-corrected chi connectivity index (χ1v) is 2.27. The van der Waals surface area contributed by atoms with E-state index in [0.29, 0.717) is 5.82 Å². The Bertz CT molecular complexity index is 197. The molecule has 50 valence electrons. The zero-order valence-corrected chi connectivity index (χ0v) is 6.66. The van der Waals surface area contributed by atoms with Gasteiger partial charge in [-0.2, -0.15) is 0 Å². The predicted molar refractivity (Wildman–Crippen MR) is 38.9 cm³/mol. The standard InChI is InChI=1S/C5H6N2O.BrH/c1-7-3-2-6-5(7)4-8;/h2-4H,1H3;1H. The summed E-state index contributed by atoms with van der Waals surface area (Å²) >= 11 is 0. The molecular formula is C5H7BrN2O. The molecule has 0 aliphatic rings. The molecule has 0 fully saturated rings. The molecule has 0 aliphatic heterocycles. The number of carbonyl (C=O) groups is 1. The molecule has 0 saturated carbocycles. The van der Waals surface area contributed by atoms with E-state index in [1.54, 1.807) is 24.0 Å². The van der Waals surface area contributed by atoms with E-state index in [9.17, 15) is 4.79 Å². The number of hydrogen-bond donors (Lipinski definition) is 0. The maximum atomic E-state index is 10.0. The average molecular weight is 191 g/mol. The second-order valence-corrected chi connectivity index (χ2v) is 1.51. The Morgan fingerprint density at radius 1 is 1.78 bits per heavy atom. The number of carbonyl (C=O) groups excluding carboxylic acids is 1. The fraction of sp³-hybridized carbons (Fsp3) is 0.200. The van der Waals surface area contributed by atoms with Crippen molar-refractivity contribution in [2.45, 2.75) is 0 Å². The molecule has 9 heavy (non-hydrogen) atoms. The topological polar surface area (TPSA) is 34.9 Å². The average Bonchev–Trinajstić information content (AvgIpc) is 2.14. The number of hydrogen-bond acceptors (Lipinski definition) is 2. The van der Waals surface area contributed by atoms with Crippen molar-refractivity contribution in [3.63, 3.8) is 0 Å². The van der Waals surface area contributed by atoms with Crippen molar-refractivity contribution in [1.29, 1.82) is 0 Å². The van der Waals surface area contributed by atoms with Gasteiger partial charge in [-0.1, -0.05) is 0 Å². The fourth-order valence-electron chi connectivity index (χ4n) is 0.491. The lowest BCUT2D eigenvalue weighted by Gasteiger charge is -1.86. The number of rotatable bonds is 1. The lowest BCUT2D eigenvalue weighted by Crippen LogP contribution is -1.92. The number of aldehydes is 1. The van der Waals surface area contributed by atoms with Crippen molar-refractivity contribution in [2.75, 3.05) is 0 Å². The number of nitrogens with zero attached hydrogens (tertiary/aromatic N) is 2. The normalized spacial score (nSPS) is 8.11. The highest BCUT2D eigenvalue weighted by Gasteiger charge is 1.91. The molecule has 0 spiro atoms. The largest absolute Gasteiger partial charge is 0.332 e. The highest BCUT2D eigenvalue weighted by molar-refractivity contribution is 8.93. The first-order chi connectivity index (χ1) is 3.84. The highest BCUT2D eigenvalue weighted by Crippen LogP contribution is 1.86. The summed E-state index contributed by atoms with van der Waals surface area (Å²) < 4.78 is 1.66. The Morgan fingerprint density at radius 3 is 2.67 bits per heavy atom. The summed E-state index contributed by atoms with van der Waals surface area (Å²) in [5.41, 5.74) is 0. The number of aryl methyl sites for hydroxylation is 1. The van der Waals surface area contributed by atoms with Gasteiger partial charge in [0.1, 0.15) is 0 Å². The molecule has 0 unspecified atom stereocenters. The third-order valence-corrected chi connectivity index (χ3v) is 0.964.